The Balaban J connectivity index is 2.48. The van der Waals surface area contributed by atoms with Crippen LogP contribution in [0.25, 0.3) is 0 Å². The molecule has 1 unspecified atom stereocenters. The molecular weight excluding hydrogens is 230 g/mol. The molecule has 0 N–H and O–H groups in total. The second-order valence-electron chi connectivity index (χ2n) is 3.97. The third kappa shape index (κ3) is 4.93. The first-order valence-corrected chi connectivity index (χ1v) is 6.05. The van der Waals surface area contributed by atoms with Gasteiger partial charge in [0.05, 0.1) is 0 Å². The number of aliphatic imine (C=N–C) groups is 1. The summed E-state index contributed by atoms with van der Waals surface area (Å²) in [6, 6.07) is 8.68. The van der Waals surface area contributed by atoms with Gasteiger partial charge in [-0.2, -0.15) is 4.99 Å². The zero-order chi connectivity index (χ0) is 13.2. The summed E-state index contributed by atoms with van der Waals surface area (Å²) in [6.45, 7) is 2.22. The molecule has 18 heavy (non-hydrogen) atoms. The van der Waals surface area contributed by atoms with Gasteiger partial charge in [0.15, 0.2) is 6.04 Å². The van der Waals surface area contributed by atoms with E-state index in [0.717, 1.165) is 18.4 Å². The first-order valence-electron chi connectivity index (χ1n) is 6.05. The number of esters is 1. The Morgan fingerprint density at radius 2 is 2.11 bits per heavy atom. The van der Waals surface area contributed by atoms with Crippen LogP contribution in [0.4, 0.5) is 0 Å². The van der Waals surface area contributed by atoms with Crippen molar-refractivity contribution in [3.8, 4) is 0 Å². The van der Waals surface area contributed by atoms with Crippen LogP contribution in [0.5, 0.6) is 0 Å². The lowest BCUT2D eigenvalue weighted by molar-refractivity contribution is -0.146. The van der Waals surface area contributed by atoms with E-state index in [4.69, 9.17) is 4.74 Å². The summed E-state index contributed by atoms with van der Waals surface area (Å²) in [6.07, 6.45) is 3.73. The summed E-state index contributed by atoms with van der Waals surface area (Å²) in [5.41, 5.74) is 0.912. The fourth-order valence-electron chi connectivity index (χ4n) is 1.52. The van der Waals surface area contributed by atoms with Crippen molar-refractivity contribution in [1.82, 2.24) is 0 Å². The Morgan fingerprint density at radius 3 is 2.72 bits per heavy atom. The quantitative estimate of drug-likeness (QED) is 0.423. The smallest absolute Gasteiger partial charge is 0.332 e. The molecule has 1 rings (SSSR count). The molecule has 0 bridgehead atoms. The van der Waals surface area contributed by atoms with E-state index >= 15 is 0 Å². The normalized spacial score (nSPS) is 11.4. The van der Waals surface area contributed by atoms with Crippen molar-refractivity contribution in [2.75, 3.05) is 0 Å². The standard InChI is InChI=1S/C14H17NO3/c1-2-3-9-13(15-11-16)14(17)18-10-12-7-5-4-6-8-12/h4-8,13H,2-3,9-10H2,1H3. The molecule has 0 aromatic heterocycles. The average molecular weight is 247 g/mol. The lowest BCUT2D eigenvalue weighted by atomic mass is 10.1. The van der Waals surface area contributed by atoms with E-state index in [1.54, 1.807) is 0 Å². The SMILES string of the molecule is CCCCC(N=C=O)C(=O)OCc1ccccc1. The molecule has 1 atom stereocenters. The van der Waals surface area contributed by atoms with Gasteiger partial charge in [0.2, 0.25) is 6.08 Å². The Labute approximate surface area is 107 Å². The summed E-state index contributed by atoms with van der Waals surface area (Å²) >= 11 is 0. The van der Waals surface area contributed by atoms with Crippen molar-refractivity contribution >= 4 is 12.0 Å². The van der Waals surface area contributed by atoms with Gasteiger partial charge in [0.1, 0.15) is 6.61 Å². The van der Waals surface area contributed by atoms with Gasteiger partial charge in [0.25, 0.3) is 0 Å². The van der Waals surface area contributed by atoms with Gasteiger partial charge < -0.3 is 4.74 Å². The lowest BCUT2D eigenvalue weighted by Crippen LogP contribution is -2.21. The van der Waals surface area contributed by atoms with Gasteiger partial charge in [-0.05, 0) is 12.0 Å². The maximum absolute atomic E-state index is 11.7. The van der Waals surface area contributed by atoms with Gasteiger partial charge in [-0.3, -0.25) is 0 Å². The van der Waals surface area contributed by atoms with E-state index in [1.165, 1.54) is 6.08 Å². The van der Waals surface area contributed by atoms with E-state index in [-0.39, 0.29) is 6.61 Å². The minimum Gasteiger partial charge on any atom is -0.459 e. The number of hydrogen-bond donors (Lipinski definition) is 0. The van der Waals surface area contributed by atoms with Crippen LogP contribution in [0.2, 0.25) is 0 Å². The Hall–Kier alpha value is -1.93. The third-order valence-corrected chi connectivity index (χ3v) is 2.54. The highest BCUT2D eigenvalue weighted by atomic mass is 16.5. The van der Waals surface area contributed by atoms with Crippen LogP contribution in [-0.4, -0.2) is 18.1 Å². The predicted octanol–water partition coefficient (Wildman–Crippen LogP) is 2.62. The van der Waals surface area contributed by atoms with Crippen LogP contribution in [0.1, 0.15) is 31.7 Å². The van der Waals surface area contributed by atoms with E-state index in [1.807, 2.05) is 37.3 Å². The molecule has 0 radical (unpaired) electrons. The number of carbonyl (C=O) groups is 1. The fourth-order valence-corrected chi connectivity index (χ4v) is 1.52. The van der Waals surface area contributed by atoms with Gasteiger partial charge in [-0.1, -0.05) is 50.1 Å². The molecule has 0 aliphatic carbocycles. The number of unbranched alkanes of at least 4 members (excludes halogenated alkanes) is 1. The molecule has 0 amide bonds. The predicted molar refractivity (Wildman–Crippen MR) is 67.7 cm³/mol. The third-order valence-electron chi connectivity index (χ3n) is 2.54. The molecule has 1 aromatic carbocycles. The Morgan fingerprint density at radius 1 is 1.39 bits per heavy atom. The Bertz CT molecular complexity index is 410. The number of benzene rings is 1. The van der Waals surface area contributed by atoms with Crippen molar-refractivity contribution < 1.29 is 14.3 Å². The summed E-state index contributed by atoms with van der Waals surface area (Å²) in [5.74, 6) is -0.462. The van der Waals surface area contributed by atoms with Crippen molar-refractivity contribution in [2.45, 2.75) is 38.8 Å². The van der Waals surface area contributed by atoms with Gasteiger partial charge >= 0.3 is 5.97 Å². The highest BCUT2D eigenvalue weighted by Gasteiger charge is 2.18. The molecule has 96 valence electrons. The molecular formula is C14H17NO3. The number of isocyanates is 1. The fraction of sp³-hybridized carbons (Fsp3) is 0.429. The van der Waals surface area contributed by atoms with E-state index < -0.39 is 12.0 Å². The Kier molecular flexibility index (Phi) is 6.44. The maximum Gasteiger partial charge on any atom is 0.332 e. The van der Waals surface area contributed by atoms with Crippen molar-refractivity contribution in [3.63, 3.8) is 0 Å². The molecule has 0 fully saturated rings. The number of ether oxygens (including phenoxy) is 1. The van der Waals surface area contributed by atoms with Crippen molar-refractivity contribution in [2.24, 2.45) is 4.99 Å². The maximum atomic E-state index is 11.7. The number of nitrogens with zero attached hydrogens (tertiary/aromatic N) is 1. The van der Waals surface area contributed by atoms with Crippen LogP contribution in [0, 0.1) is 0 Å². The minimum atomic E-state index is -0.717. The highest BCUT2D eigenvalue weighted by molar-refractivity contribution is 5.76. The monoisotopic (exact) mass is 247 g/mol. The molecule has 0 spiro atoms. The van der Waals surface area contributed by atoms with Crippen molar-refractivity contribution in [3.05, 3.63) is 35.9 Å². The van der Waals surface area contributed by atoms with Crippen LogP contribution in [-0.2, 0) is 20.9 Å². The molecule has 1 aromatic rings. The second-order valence-corrected chi connectivity index (χ2v) is 3.97. The van der Waals surface area contributed by atoms with E-state index in [0.29, 0.717) is 6.42 Å². The number of rotatable bonds is 7. The lowest BCUT2D eigenvalue weighted by Gasteiger charge is -2.10. The number of hydrogen-bond acceptors (Lipinski definition) is 4. The molecule has 4 nitrogen and oxygen atoms in total. The molecule has 0 saturated carbocycles. The highest BCUT2D eigenvalue weighted by Crippen LogP contribution is 2.08. The van der Waals surface area contributed by atoms with E-state index in [2.05, 4.69) is 4.99 Å². The van der Waals surface area contributed by atoms with E-state index in [9.17, 15) is 9.59 Å². The summed E-state index contributed by atoms with van der Waals surface area (Å²) < 4.78 is 5.13. The summed E-state index contributed by atoms with van der Waals surface area (Å²) in [7, 11) is 0. The summed E-state index contributed by atoms with van der Waals surface area (Å²) in [4.78, 5) is 25.5. The first-order chi connectivity index (χ1) is 8.77. The average Bonchev–Trinajstić information content (AvgIpc) is 2.42. The second kappa shape index (κ2) is 8.20. The first kappa shape index (κ1) is 14.1. The van der Waals surface area contributed by atoms with Gasteiger partial charge in [-0.15, -0.1) is 0 Å². The zero-order valence-corrected chi connectivity index (χ0v) is 10.5. The van der Waals surface area contributed by atoms with Gasteiger partial charge in [-0.25, -0.2) is 9.59 Å². The molecule has 4 heteroatoms. The minimum absolute atomic E-state index is 0.205. The number of carbonyl (C=O) groups excluding carboxylic acids is 2. The molecule has 0 heterocycles. The zero-order valence-electron chi connectivity index (χ0n) is 10.5. The van der Waals surface area contributed by atoms with Gasteiger partial charge in [0, 0.05) is 0 Å². The summed E-state index contributed by atoms with van der Waals surface area (Å²) in [5, 5.41) is 0. The van der Waals surface area contributed by atoms with Crippen LogP contribution < -0.4 is 0 Å². The van der Waals surface area contributed by atoms with Crippen molar-refractivity contribution in [1.29, 1.82) is 0 Å². The molecule has 0 saturated heterocycles. The molecule has 0 aliphatic rings. The topological polar surface area (TPSA) is 55.7 Å². The van der Waals surface area contributed by atoms with Crippen LogP contribution in [0.3, 0.4) is 0 Å². The molecule has 0 aliphatic heterocycles. The largest absolute Gasteiger partial charge is 0.459 e. The van der Waals surface area contributed by atoms with Crippen LogP contribution in [0.15, 0.2) is 35.3 Å². The van der Waals surface area contributed by atoms with Crippen LogP contribution >= 0.6 is 0 Å².